The molecule has 1 saturated carbocycles. The summed E-state index contributed by atoms with van der Waals surface area (Å²) in [5, 5.41) is 0. The van der Waals surface area contributed by atoms with Gasteiger partial charge in [-0.3, -0.25) is 4.79 Å². The lowest BCUT2D eigenvalue weighted by Gasteiger charge is -2.25. The quantitative estimate of drug-likeness (QED) is 0.161. The molecule has 0 aromatic heterocycles. The molecule has 0 amide bonds. The van der Waals surface area contributed by atoms with Crippen LogP contribution in [-0.2, 0) is 34.9 Å². The molecular formula is C30H45NO11. The van der Waals surface area contributed by atoms with Crippen LogP contribution in [0.5, 0.6) is 11.5 Å². The molecule has 236 valence electrons. The van der Waals surface area contributed by atoms with Crippen LogP contribution in [0.2, 0.25) is 0 Å². The Hall–Kier alpha value is -3.54. The first-order valence-corrected chi connectivity index (χ1v) is 14.6. The monoisotopic (exact) mass is 595 g/mol. The fourth-order valence-electron chi connectivity index (χ4n) is 3.86. The summed E-state index contributed by atoms with van der Waals surface area (Å²) in [5.41, 5.74) is 6.59. The molecule has 0 heterocycles. The van der Waals surface area contributed by atoms with E-state index in [4.69, 9.17) is 38.9 Å². The van der Waals surface area contributed by atoms with Crippen molar-refractivity contribution in [2.75, 3.05) is 0 Å². The first-order valence-electron chi connectivity index (χ1n) is 14.6. The van der Waals surface area contributed by atoms with E-state index in [0.29, 0.717) is 18.4 Å². The van der Waals surface area contributed by atoms with E-state index in [1.54, 1.807) is 33.8 Å². The molecule has 1 aliphatic carbocycles. The third-order valence-electron chi connectivity index (χ3n) is 6.96. The van der Waals surface area contributed by atoms with Crippen molar-refractivity contribution >= 4 is 24.4 Å². The van der Waals surface area contributed by atoms with Gasteiger partial charge in [-0.2, -0.15) is 0 Å². The van der Waals surface area contributed by atoms with E-state index < -0.39 is 48.8 Å². The number of benzene rings is 1. The first-order chi connectivity index (χ1) is 19.9. The van der Waals surface area contributed by atoms with Crippen molar-refractivity contribution in [2.24, 2.45) is 5.73 Å². The minimum atomic E-state index is -1.10. The molecule has 5 atom stereocenters. The first kappa shape index (κ1) is 34.7. The maximum atomic E-state index is 12.7. The average molecular weight is 596 g/mol. The molecule has 2 unspecified atom stereocenters. The lowest BCUT2D eigenvalue weighted by atomic mass is 9.98. The number of ether oxygens (including phenoxy) is 7. The van der Waals surface area contributed by atoms with Crippen molar-refractivity contribution < 1.29 is 52.3 Å². The zero-order chi connectivity index (χ0) is 31.2. The highest BCUT2D eigenvalue weighted by Gasteiger charge is 2.27. The smallest absolute Gasteiger partial charge is 0.458 e. The van der Waals surface area contributed by atoms with Crippen molar-refractivity contribution in [1.82, 2.24) is 0 Å². The van der Waals surface area contributed by atoms with Crippen LogP contribution in [0.4, 0.5) is 14.4 Å². The number of hydrogen-bond donors (Lipinski definition) is 1. The van der Waals surface area contributed by atoms with Crippen LogP contribution < -0.4 is 15.2 Å². The summed E-state index contributed by atoms with van der Waals surface area (Å²) in [7, 11) is 0. The van der Waals surface area contributed by atoms with Crippen LogP contribution in [0.1, 0.15) is 92.1 Å². The third kappa shape index (κ3) is 12.1. The van der Waals surface area contributed by atoms with Gasteiger partial charge in [0.15, 0.2) is 11.5 Å². The number of hydrogen-bond acceptors (Lipinski definition) is 12. The summed E-state index contributed by atoms with van der Waals surface area (Å²) >= 11 is 0. The largest absolute Gasteiger partial charge is 0.514 e. The van der Waals surface area contributed by atoms with E-state index in [9.17, 15) is 19.2 Å². The van der Waals surface area contributed by atoms with E-state index >= 15 is 0 Å². The normalized spacial score (nSPS) is 17.0. The van der Waals surface area contributed by atoms with Crippen molar-refractivity contribution in [2.45, 2.75) is 129 Å². The summed E-state index contributed by atoms with van der Waals surface area (Å²) in [4.78, 5) is 49.3. The second-order valence-corrected chi connectivity index (χ2v) is 10.6. The number of carbonyl (C=O) groups is 4. The SMILES string of the molecule is CCC(C)OC(=O)Oc1ccc(C[C@H](N)C(=O)O[C@@H](C)[C@H](C)OC(=O)OC2CCCCC2)cc1OC(=O)OC(C)CC. The van der Waals surface area contributed by atoms with Crippen LogP contribution in [0.3, 0.4) is 0 Å². The second-order valence-electron chi connectivity index (χ2n) is 10.6. The Morgan fingerprint density at radius 3 is 1.88 bits per heavy atom. The van der Waals surface area contributed by atoms with Crippen molar-refractivity contribution in [1.29, 1.82) is 0 Å². The molecule has 0 radical (unpaired) electrons. The molecule has 2 rings (SSSR count). The minimum absolute atomic E-state index is 0.00111. The van der Waals surface area contributed by atoms with Gasteiger partial charge in [-0.25, -0.2) is 14.4 Å². The molecule has 1 aromatic carbocycles. The van der Waals surface area contributed by atoms with E-state index in [2.05, 4.69) is 0 Å². The molecule has 2 N–H and O–H groups in total. The van der Waals surface area contributed by atoms with Gasteiger partial charge in [0.05, 0.1) is 0 Å². The maximum absolute atomic E-state index is 12.7. The average Bonchev–Trinajstić information content (AvgIpc) is 2.94. The van der Waals surface area contributed by atoms with Crippen LogP contribution in [0, 0.1) is 0 Å². The van der Waals surface area contributed by atoms with Gasteiger partial charge in [0.2, 0.25) is 0 Å². The van der Waals surface area contributed by atoms with Crippen LogP contribution in [-0.4, -0.2) is 61.0 Å². The third-order valence-corrected chi connectivity index (χ3v) is 6.96. The van der Waals surface area contributed by atoms with Gasteiger partial charge in [0, 0.05) is 0 Å². The van der Waals surface area contributed by atoms with Gasteiger partial charge in [0.1, 0.15) is 36.6 Å². The van der Waals surface area contributed by atoms with E-state index in [1.807, 2.05) is 13.8 Å². The lowest BCUT2D eigenvalue weighted by molar-refractivity contribution is -0.155. The van der Waals surface area contributed by atoms with Crippen LogP contribution in [0.25, 0.3) is 0 Å². The zero-order valence-corrected chi connectivity index (χ0v) is 25.4. The summed E-state index contributed by atoms with van der Waals surface area (Å²) in [6, 6.07) is 3.26. The van der Waals surface area contributed by atoms with Gasteiger partial charge < -0.3 is 38.9 Å². The molecule has 42 heavy (non-hydrogen) atoms. The molecule has 0 spiro atoms. The molecule has 1 aromatic rings. The summed E-state index contributed by atoms with van der Waals surface area (Å²) in [5.74, 6) is -0.923. The number of rotatable bonds is 13. The Morgan fingerprint density at radius 2 is 1.31 bits per heavy atom. The van der Waals surface area contributed by atoms with Crippen molar-refractivity contribution in [3.05, 3.63) is 23.8 Å². The van der Waals surface area contributed by atoms with E-state index in [1.165, 1.54) is 12.1 Å². The molecule has 0 aliphatic heterocycles. The highest BCUT2D eigenvalue weighted by Crippen LogP contribution is 2.30. The van der Waals surface area contributed by atoms with Crippen LogP contribution >= 0.6 is 0 Å². The zero-order valence-electron chi connectivity index (χ0n) is 25.4. The van der Waals surface area contributed by atoms with E-state index in [-0.39, 0.29) is 30.1 Å². The van der Waals surface area contributed by atoms with Gasteiger partial charge >= 0.3 is 24.4 Å². The molecule has 0 saturated heterocycles. The molecule has 12 nitrogen and oxygen atoms in total. The van der Waals surface area contributed by atoms with Gasteiger partial charge in [-0.1, -0.05) is 26.3 Å². The Balaban J connectivity index is 2.01. The predicted molar refractivity (Wildman–Crippen MR) is 151 cm³/mol. The van der Waals surface area contributed by atoms with Gasteiger partial charge in [-0.15, -0.1) is 0 Å². The summed E-state index contributed by atoms with van der Waals surface area (Å²) in [6.07, 6.45) is 0.686. The van der Waals surface area contributed by atoms with Crippen molar-refractivity contribution in [3.8, 4) is 11.5 Å². The number of nitrogens with two attached hydrogens (primary N) is 1. The number of carbonyl (C=O) groups excluding carboxylic acids is 4. The summed E-state index contributed by atoms with van der Waals surface area (Å²) in [6.45, 7) is 10.3. The molecular weight excluding hydrogens is 550 g/mol. The highest BCUT2D eigenvalue weighted by molar-refractivity contribution is 5.76. The molecule has 12 heteroatoms. The predicted octanol–water partition coefficient (Wildman–Crippen LogP) is 5.99. The fourth-order valence-corrected chi connectivity index (χ4v) is 3.86. The topological polar surface area (TPSA) is 159 Å². The Labute approximate surface area is 247 Å². The number of esters is 1. The standard InChI is InChI=1S/C30H45NO11/c1-7-18(3)36-28(33)41-25-15-14-22(17-26(25)42-29(34)37-19(4)8-2)16-24(31)27(32)38-20(5)21(6)39-30(35)40-23-12-10-9-11-13-23/h14-15,17-21,23-24H,7-13,16,31H2,1-6H3/t18?,19?,20-,21-,24-/m0/s1. The maximum Gasteiger partial charge on any atom is 0.514 e. The fraction of sp³-hybridized carbons (Fsp3) is 0.667. The molecule has 0 bridgehead atoms. The van der Waals surface area contributed by atoms with Crippen molar-refractivity contribution in [3.63, 3.8) is 0 Å². The summed E-state index contributed by atoms with van der Waals surface area (Å²) < 4.78 is 36.9. The van der Waals surface area contributed by atoms with E-state index in [0.717, 1.165) is 32.1 Å². The Morgan fingerprint density at radius 1 is 0.762 bits per heavy atom. The van der Waals surface area contributed by atoms with Gasteiger partial charge in [-0.05, 0) is 90.3 Å². The lowest BCUT2D eigenvalue weighted by Crippen LogP contribution is -2.39. The van der Waals surface area contributed by atoms with Crippen LogP contribution in [0.15, 0.2) is 18.2 Å². The second kappa shape index (κ2) is 17.4. The molecule has 1 fully saturated rings. The molecule has 1 aliphatic rings. The Bertz CT molecular complexity index is 1040. The van der Waals surface area contributed by atoms with Gasteiger partial charge in [0.25, 0.3) is 0 Å². The minimum Gasteiger partial charge on any atom is -0.458 e. The Kier molecular flexibility index (Phi) is 14.4. The highest BCUT2D eigenvalue weighted by atomic mass is 16.8.